The molecule has 0 aliphatic rings. The fraction of sp³-hybridized carbons (Fsp3) is 0.250. The molecule has 7 nitrogen and oxygen atoms in total. The summed E-state index contributed by atoms with van der Waals surface area (Å²) in [6.45, 7) is 4.58. The van der Waals surface area contributed by atoms with Crippen molar-refractivity contribution in [1.82, 2.24) is 29.9 Å². The molecule has 0 radical (unpaired) electrons. The Balaban J connectivity index is 2.09. The first-order valence-corrected chi connectivity index (χ1v) is 7.97. The molecule has 21 heavy (non-hydrogen) atoms. The van der Waals surface area contributed by atoms with Crippen molar-refractivity contribution in [3.05, 3.63) is 31.2 Å². The van der Waals surface area contributed by atoms with Gasteiger partial charge in [0.1, 0.15) is 4.60 Å². The number of aryl methyl sites for hydroxylation is 1. The first-order chi connectivity index (χ1) is 9.97. The van der Waals surface area contributed by atoms with Gasteiger partial charge in [0.15, 0.2) is 11.2 Å². The zero-order valence-corrected chi connectivity index (χ0v) is 15.0. The highest BCUT2D eigenvalue weighted by atomic mass is 127. The Morgan fingerprint density at radius 2 is 2.10 bits per heavy atom. The van der Waals surface area contributed by atoms with E-state index in [-0.39, 0.29) is 5.95 Å². The molecule has 0 saturated carbocycles. The summed E-state index contributed by atoms with van der Waals surface area (Å²) in [5, 5.41) is 8.20. The van der Waals surface area contributed by atoms with E-state index in [2.05, 4.69) is 70.7 Å². The fourth-order valence-electron chi connectivity index (χ4n) is 2.00. The molecule has 0 aromatic carbocycles. The number of halogens is 2. The van der Waals surface area contributed by atoms with Crippen molar-refractivity contribution in [1.29, 1.82) is 0 Å². The van der Waals surface area contributed by atoms with Crippen LogP contribution in [0.5, 0.6) is 0 Å². The fourth-order valence-corrected chi connectivity index (χ4v) is 2.89. The Bertz CT molecular complexity index is 845. The molecule has 0 fully saturated rings. The topological polar surface area (TPSA) is 95.4 Å². The summed E-state index contributed by atoms with van der Waals surface area (Å²) in [4.78, 5) is 12.7. The number of anilines is 1. The first-order valence-electron chi connectivity index (χ1n) is 6.10. The predicted octanol–water partition coefficient (Wildman–Crippen LogP) is 2.23. The predicted molar refractivity (Wildman–Crippen MR) is 90.8 cm³/mol. The summed E-state index contributed by atoms with van der Waals surface area (Å²) in [6.07, 6.45) is 1.86. The van der Waals surface area contributed by atoms with Crippen LogP contribution in [-0.4, -0.2) is 29.9 Å². The number of nitrogen functional groups attached to an aromatic ring is 1. The lowest BCUT2D eigenvalue weighted by Crippen LogP contribution is -2.09. The Morgan fingerprint density at radius 1 is 1.33 bits per heavy atom. The molecule has 9 heteroatoms. The van der Waals surface area contributed by atoms with Crippen LogP contribution < -0.4 is 5.73 Å². The average Bonchev–Trinajstić information content (AvgIpc) is 2.83. The van der Waals surface area contributed by atoms with Gasteiger partial charge in [-0.15, -0.1) is 5.10 Å². The van der Waals surface area contributed by atoms with Gasteiger partial charge in [0.2, 0.25) is 5.95 Å². The molecule has 3 aromatic rings. The summed E-state index contributed by atoms with van der Waals surface area (Å²) in [5.74, 6) is 0.182. The van der Waals surface area contributed by atoms with Crippen LogP contribution in [0.3, 0.4) is 0 Å². The van der Waals surface area contributed by atoms with E-state index >= 15 is 0 Å². The zero-order chi connectivity index (χ0) is 15.1. The second kappa shape index (κ2) is 5.44. The maximum Gasteiger partial charge on any atom is 0.223 e. The van der Waals surface area contributed by atoms with E-state index in [9.17, 15) is 0 Å². The van der Waals surface area contributed by atoms with Crippen molar-refractivity contribution in [3.8, 4) is 0 Å². The SMILES string of the molecule is Cc1cnc(Cn2nnc3c(Br)nc(N)nc32)c(C)c1I. The van der Waals surface area contributed by atoms with Gasteiger partial charge < -0.3 is 5.73 Å². The molecule has 3 rings (SSSR count). The van der Waals surface area contributed by atoms with Crippen LogP contribution in [0.1, 0.15) is 16.8 Å². The lowest BCUT2D eigenvalue weighted by atomic mass is 10.1. The van der Waals surface area contributed by atoms with Gasteiger partial charge in [-0.3, -0.25) is 4.98 Å². The Morgan fingerprint density at radius 3 is 2.86 bits per heavy atom. The smallest absolute Gasteiger partial charge is 0.223 e. The van der Waals surface area contributed by atoms with E-state index in [1.165, 1.54) is 3.57 Å². The van der Waals surface area contributed by atoms with Crippen molar-refractivity contribution in [3.63, 3.8) is 0 Å². The van der Waals surface area contributed by atoms with E-state index < -0.39 is 0 Å². The number of nitrogens with two attached hydrogens (primary N) is 1. The highest BCUT2D eigenvalue weighted by Crippen LogP contribution is 2.22. The molecule has 0 atom stereocenters. The van der Waals surface area contributed by atoms with Gasteiger partial charge in [-0.25, -0.2) is 9.67 Å². The molecule has 0 aliphatic heterocycles. The molecule has 0 spiro atoms. The number of fused-ring (bicyclic) bond motifs is 1. The van der Waals surface area contributed by atoms with Gasteiger partial charge in [0.25, 0.3) is 0 Å². The Kier molecular flexibility index (Phi) is 3.78. The Labute approximate surface area is 142 Å². The molecule has 3 aromatic heterocycles. The number of rotatable bonds is 2. The third kappa shape index (κ3) is 2.59. The zero-order valence-electron chi connectivity index (χ0n) is 11.3. The van der Waals surface area contributed by atoms with Crippen LogP contribution in [-0.2, 0) is 6.54 Å². The largest absolute Gasteiger partial charge is 0.368 e. The van der Waals surface area contributed by atoms with E-state index in [4.69, 9.17) is 5.73 Å². The summed E-state index contributed by atoms with van der Waals surface area (Å²) in [5.41, 5.74) is 10.1. The van der Waals surface area contributed by atoms with E-state index in [0.29, 0.717) is 22.3 Å². The number of hydrogen-bond acceptors (Lipinski definition) is 6. The lowest BCUT2D eigenvalue weighted by molar-refractivity contribution is 0.649. The van der Waals surface area contributed by atoms with Gasteiger partial charge >= 0.3 is 0 Å². The van der Waals surface area contributed by atoms with Gasteiger partial charge in [-0.2, -0.15) is 4.98 Å². The van der Waals surface area contributed by atoms with Crippen molar-refractivity contribution < 1.29 is 0 Å². The van der Waals surface area contributed by atoms with Crippen molar-refractivity contribution in [2.45, 2.75) is 20.4 Å². The van der Waals surface area contributed by atoms with Gasteiger partial charge in [0, 0.05) is 9.77 Å². The highest BCUT2D eigenvalue weighted by Gasteiger charge is 2.14. The number of aromatic nitrogens is 6. The van der Waals surface area contributed by atoms with E-state index in [1.807, 2.05) is 13.1 Å². The molecule has 0 bridgehead atoms. The monoisotopic (exact) mass is 459 g/mol. The van der Waals surface area contributed by atoms with Crippen LogP contribution in [0.2, 0.25) is 0 Å². The molecule has 108 valence electrons. The number of hydrogen-bond donors (Lipinski definition) is 1. The molecule has 0 unspecified atom stereocenters. The van der Waals surface area contributed by atoms with Crippen molar-refractivity contribution in [2.75, 3.05) is 5.73 Å². The third-order valence-corrected chi connectivity index (χ3v) is 5.37. The second-order valence-corrected chi connectivity index (χ2v) is 6.45. The third-order valence-electron chi connectivity index (χ3n) is 3.16. The average molecular weight is 460 g/mol. The molecule has 2 N–H and O–H groups in total. The molecule has 3 heterocycles. The maximum absolute atomic E-state index is 5.68. The van der Waals surface area contributed by atoms with Gasteiger partial charge in [-0.1, -0.05) is 5.21 Å². The van der Waals surface area contributed by atoms with Crippen LogP contribution in [0.25, 0.3) is 11.2 Å². The normalized spacial score (nSPS) is 11.2. The molecular weight excluding hydrogens is 449 g/mol. The minimum absolute atomic E-state index is 0.182. The summed E-state index contributed by atoms with van der Waals surface area (Å²) >= 11 is 5.64. The first kappa shape index (κ1) is 14.6. The minimum Gasteiger partial charge on any atom is -0.368 e. The van der Waals surface area contributed by atoms with E-state index in [0.717, 1.165) is 16.8 Å². The maximum atomic E-state index is 5.68. The summed E-state index contributed by atoms with van der Waals surface area (Å²) < 4.78 is 3.43. The van der Waals surface area contributed by atoms with Gasteiger partial charge in [-0.05, 0) is 63.5 Å². The second-order valence-electron chi connectivity index (χ2n) is 4.62. The summed E-state index contributed by atoms with van der Waals surface area (Å²) in [7, 11) is 0. The van der Waals surface area contributed by atoms with Crippen LogP contribution in [0, 0.1) is 17.4 Å². The lowest BCUT2D eigenvalue weighted by Gasteiger charge is -2.09. The van der Waals surface area contributed by atoms with Crippen molar-refractivity contribution in [2.24, 2.45) is 0 Å². The number of nitrogens with zero attached hydrogens (tertiary/aromatic N) is 6. The quantitative estimate of drug-likeness (QED) is 0.466. The van der Waals surface area contributed by atoms with Gasteiger partial charge in [0.05, 0.1) is 12.2 Å². The van der Waals surface area contributed by atoms with E-state index in [1.54, 1.807) is 4.68 Å². The molecule has 0 amide bonds. The summed E-state index contributed by atoms with van der Waals surface area (Å²) in [6, 6.07) is 0. The number of pyridine rings is 1. The minimum atomic E-state index is 0.182. The molecule has 0 saturated heterocycles. The molecular formula is C12H11BrIN7. The Hall–Kier alpha value is -1.36. The van der Waals surface area contributed by atoms with Crippen molar-refractivity contribution >= 4 is 55.6 Å². The standard InChI is InChI=1S/C12H11BrIN7/c1-5-3-16-7(6(2)8(5)14)4-21-11-9(19-20-21)10(13)17-12(15)18-11/h3H,4H2,1-2H3,(H2,15,17,18). The van der Waals surface area contributed by atoms with Crippen LogP contribution in [0.15, 0.2) is 10.8 Å². The molecule has 0 aliphatic carbocycles. The highest BCUT2D eigenvalue weighted by molar-refractivity contribution is 14.1. The van der Waals surface area contributed by atoms with Crippen LogP contribution in [0.4, 0.5) is 5.95 Å². The van der Waals surface area contributed by atoms with Crippen LogP contribution >= 0.6 is 38.5 Å².